The van der Waals surface area contributed by atoms with E-state index < -0.39 is 5.54 Å². The van der Waals surface area contributed by atoms with Gasteiger partial charge in [0.1, 0.15) is 5.54 Å². The molecule has 1 fully saturated rings. The molecule has 0 atom stereocenters. The molecule has 19 heavy (non-hydrogen) atoms. The Morgan fingerprint density at radius 3 is 2.37 bits per heavy atom. The predicted octanol–water partition coefficient (Wildman–Crippen LogP) is 1.75. The molecule has 1 aliphatic rings. The second-order valence-corrected chi connectivity index (χ2v) is 5.14. The molecule has 0 bridgehead atoms. The van der Waals surface area contributed by atoms with Crippen molar-refractivity contribution in [2.75, 3.05) is 0 Å². The van der Waals surface area contributed by atoms with Crippen molar-refractivity contribution in [3.63, 3.8) is 0 Å². The third-order valence-corrected chi connectivity index (χ3v) is 3.60. The summed E-state index contributed by atoms with van der Waals surface area (Å²) >= 11 is 0. The van der Waals surface area contributed by atoms with Crippen LogP contribution in [0.2, 0.25) is 0 Å². The van der Waals surface area contributed by atoms with E-state index in [1.54, 1.807) is 0 Å². The molecule has 1 aliphatic carbocycles. The maximum atomic E-state index is 12.4. The van der Waals surface area contributed by atoms with E-state index in [2.05, 4.69) is 10.6 Å². The fraction of sp³-hybridized carbons (Fsp3) is 0.467. The van der Waals surface area contributed by atoms with Crippen LogP contribution in [0.5, 0.6) is 0 Å². The van der Waals surface area contributed by atoms with Gasteiger partial charge in [0.2, 0.25) is 11.8 Å². The second kappa shape index (κ2) is 5.87. The quantitative estimate of drug-likeness (QED) is 0.866. The van der Waals surface area contributed by atoms with E-state index in [9.17, 15) is 9.59 Å². The summed E-state index contributed by atoms with van der Waals surface area (Å²) in [5.74, 6) is -0.208. The van der Waals surface area contributed by atoms with Crippen molar-refractivity contribution in [2.45, 2.75) is 44.7 Å². The van der Waals surface area contributed by atoms with Crippen molar-refractivity contribution in [2.24, 2.45) is 0 Å². The van der Waals surface area contributed by atoms with E-state index in [0.717, 1.165) is 31.2 Å². The van der Waals surface area contributed by atoms with Gasteiger partial charge in [0.25, 0.3) is 0 Å². The van der Waals surface area contributed by atoms with Gasteiger partial charge in [-0.25, -0.2) is 0 Å². The maximum absolute atomic E-state index is 12.4. The molecule has 1 aromatic rings. The van der Waals surface area contributed by atoms with E-state index in [4.69, 9.17) is 0 Å². The van der Waals surface area contributed by atoms with Gasteiger partial charge in [-0.2, -0.15) is 0 Å². The van der Waals surface area contributed by atoms with Crippen LogP contribution in [0.15, 0.2) is 30.3 Å². The van der Waals surface area contributed by atoms with Crippen LogP contribution in [0.25, 0.3) is 0 Å². The largest absolute Gasteiger partial charge is 0.350 e. The van der Waals surface area contributed by atoms with Crippen molar-refractivity contribution >= 4 is 11.8 Å². The topological polar surface area (TPSA) is 58.2 Å². The normalized spacial score (nSPS) is 16.9. The molecule has 4 heteroatoms. The van der Waals surface area contributed by atoms with Crippen LogP contribution >= 0.6 is 0 Å². The van der Waals surface area contributed by atoms with Gasteiger partial charge in [-0.3, -0.25) is 9.59 Å². The fourth-order valence-electron chi connectivity index (χ4n) is 2.67. The molecule has 0 aliphatic heterocycles. The minimum Gasteiger partial charge on any atom is -0.350 e. The van der Waals surface area contributed by atoms with Crippen LogP contribution in [-0.2, 0) is 16.1 Å². The molecule has 0 spiro atoms. The molecule has 0 heterocycles. The summed E-state index contributed by atoms with van der Waals surface area (Å²) in [4.78, 5) is 23.6. The number of hydrogen-bond donors (Lipinski definition) is 2. The zero-order valence-electron chi connectivity index (χ0n) is 11.2. The van der Waals surface area contributed by atoms with Crippen LogP contribution < -0.4 is 10.6 Å². The minimum absolute atomic E-state index is 0.0657. The van der Waals surface area contributed by atoms with Crippen molar-refractivity contribution in [1.29, 1.82) is 0 Å². The molecule has 4 nitrogen and oxygen atoms in total. The average molecular weight is 260 g/mol. The van der Waals surface area contributed by atoms with Crippen LogP contribution in [0.3, 0.4) is 0 Å². The molecule has 0 saturated heterocycles. The van der Waals surface area contributed by atoms with E-state index in [1.807, 2.05) is 30.3 Å². The Bertz CT molecular complexity index is 450. The highest BCUT2D eigenvalue weighted by atomic mass is 16.2. The Balaban J connectivity index is 1.98. The van der Waals surface area contributed by atoms with E-state index in [-0.39, 0.29) is 11.8 Å². The highest BCUT2D eigenvalue weighted by Crippen LogP contribution is 2.30. The summed E-state index contributed by atoms with van der Waals surface area (Å²) < 4.78 is 0. The lowest BCUT2D eigenvalue weighted by atomic mass is 9.96. The highest BCUT2D eigenvalue weighted by Gasteiger charge is 2.41. The van der Waals surface area contributed by atoms with Crippen LogP contribution in [0.4, 0.5) is 0 Å². The molecule has 2 rings (SSSR count). The Morgan fingerprint density at radius 2 is 1.79 bits per heavy atom. The second-order valence-electron chi connectivity index (χ2n) is 5.14. The van der Waals surface area contributed by atoms with Gasteiger partial charge in [0.05, 0.1) is 0 Å². The highest BCUT2D eigenvalue weighted by molar-refractivity contribution is 5.91. The Kier molecular flexibility index (Phi) is 4.20. The number of carbonyl (C=O) groups excluding carboxylic acids is 2. The van der Waals surface area contributed by atoms with Crippen molar-refractivity contribution < 1.29 is 9.59 Å². The van der Waals surface area contributed by atoms with E-state index >= 15 is 0 Å². The van der Waals surface area contributed by atoms with Gasteiger partial charge >= 0.3 is 0 Å². The first-order valence-electron chi connectivity index (χ1n) is 6.73. The molecule has 0 aromatic heterocycles. The molecule has 0 radical (unpaired) electrons. The number of benzene rings is 1. The third kappa shape index (κ3) is 3.34. The van der Waals surface area contributed by atoms with Crippen LogP contribution in [0, 0.1) is 0 Å². The number of hydrogen-bond acceptors (Lipinski definition) is 2. The summed E-state index contributed by atoms with van der Waals surface area (Å²) in [7, 11) is 0. The number of rotatable bonds is 4. The van der Waals surface area contributed by atoms with Gasteiger partial charge in [0.15, 0.2) is 0 Å². The number of amides is 2. The zero-order valence-corrected chi connectivity index (χ0v) is 11.2. The Labute approximate surface area is 113 Å². The van der Waals surface area contributed by atoms with Gasteiger partial charge in [-0.15, -0.1) is 0 Å². The monoisotopic (exact) mass is 260 g/mol. The van der Waals surface area contributed by atoms with Crippen molar-refractivity contribution in [3.8, 4) is 0 Å². The lowest BCUT2D eigenvalue weighted by Gasteiger charge is -2.28. The Morgan fingerprint density at radius 1 is 1.16 bits per heavy atom. The first-order valence-corrected chi connectivity index (χ1v) is 6.73. The molecule has 1 saturated carbocycles. The molecule has 102 valence electrons. The molecule has 2 amide bonds. The lowest BCUT2D eigenvalue weighted by molar-refractivity contribution is -0.132. The first kappa shape index (κ1) is 13.6. The van der Waals surface area contributed by atoms with Crippen molar-refractivity contribution in [1.82, 2.24) is 10.6 Å². The molecule has 1 aromatic carbocycles. The van der Waals surface area contributed by atoms with Crippen LogP contribution in [0.1, 0.15) is 38.2 Å². The average Bonchev–Trinajstić information content (AvgIpc) is 2.86. The van der Waals surface area contributed by atoms with Gasteiger partial charge < -0.3 is 10.6 Å². The van der Waals surface area contributed by atoms with Gasteiger partial charge in [0, 0.05) is 13.5 Å². The Hall–Kier alpha value is -1.84. The van der Waals surface area contributed by atoms with Crippen molar-refractivity contribution in [3.05, 3.63) is 35.9 Å². The standard InChI is InChI=1S/C15H20N2O2/c1-12(18)17-15(9-5-6-10-15)14(19)16-11-13-7-3-2-4-8-13/h2-4,7-8H,5-6,9-11H2,1H3,(H,16,19)(H,17,18). The maximum Gasteiger partial charge on any atom is 0.246 e. The number of nitrogens with one attached hydrogen (secondary N) is 2. The molecule has 0 unspecified atom stereocenters. The van der Waals surface area contributed by atoms with Gasteiger partial charge in [-0.1, -0.05) is 43.2 Å². The summed E-state index contributed by atoms with van der Waals surface area (Å²) in [5.41, 5.74) is 0.368. The SMILES string of the molecule is CC(=O)NC1(C(=O)NCc2ccccc2)CCCC1. The molecule has 2 N–H and O–H groups in total. The summed E-state index contributed by atoms with van der Waals surface area (Å²) in [5, 5.41) is 5.77. The zero-order chi connectivity index (χ0) is 13.7. The van der Waals surface area contributed by atoms with Crippen LogP contribution in [-0.4, -0.2) is 17.4 Å². The summed E-state index contributed by atoms with van der Waals surface area (Å²) in [6.45, 7) is 1.96. The smallest absolute Gasteiger partial charge is 0.246 e. The van der Waals surface area contributed by atoms with Gasteiger partial charge in [-0.05, 0) is 18.4 Å². The number of carbonyl (C=O) groups is 2. The van der Waals surface area contributed by atoms with E-state index in [1.165, 1.54) is 6.92 Å². The molecular weight excluding hydrogens is 240 g/mol. The predicted molar refractivity (Wildman–Crippen MR) is 73.3 cm³/mol. The van der Waals surface area contributed by atoms with E-state index in [0.29, 0.717) is 6.54 Å². The summed E-state index contributed by atoms with van der Waals surface area (Å²) in [6.07, 6.45) is 3.43. The fourth-order valence-corrected chi connectivity index (χ4v) is 2.67. The third-order valence-electron chi connectivity index (χ3n) is 3.60. The minimum atomic E-state index is -0.694. The first-order chi connectivity index (χ1) is 9.12. The molecular formula is C15H20N2O2. The summed E-state index contributed by atoms with van der Waals surface area (Å²) in [6, 6.07) is 9.78. The lowest BCUT2D eigenvalue weighted by Crippen LogP contribution is -2.56.